The number of benzene rings is 1. The number of nitrogens with zero attached hydrogens (tertiary/aromatic N) is 1. The van der Waals surface area contributed by atoms with Crippen LogP contribution in [-0.2, 0) is 9.31 Å². The molecule has 1 aromatic carbocycles. The molecule has 108 valence electrons. The highest BCUT2D eigenvalue weighted by Crippen LogP contribution is 2.36. The van der Waals surface area contributed by atoms with Gasteiger partial charge in [0, 0.05) is 12.7 Å². The first-order valence-corrected chi connectivity index (χ1v) is 6.63. The van der Waals surface area contributed by atoms with Gasteiger partial charge in [0.15, 0.2) is 0 Å². The van der Waals surface area contributed by atoms with Gasteiger partial charge in [0.05, 0.1) is 11.2 Å². The smallest absolute Gasteiger partial charge is 0.399 e. The lowest BCUT2D eigenvalue weighted by Gasteiger charge is -2.32. The zero-order valence-electron chi connectivity index (χ0n) is 12.6. The predicted octanol–water partition coefficient (Wildman–Crippen LogP) is 1.50. The third-order valence-corrected chi connectivity index (χ3v) is 4.11. The van der Waals surface area contributed by atoms with Crippen LogP contribution in [0.3, 0.4) is 0 Å². The molecule has 0 atom stereocenters. The van der Waals surface area contributed by atoms with Crippen molar-refractivity contribution in [2.75, 3.05) is 11.9 Å². The summed E-state index contributed by atoms with van der Waals surface area (Å²) in [5.74, 6) is 0. The molecule has 1 saturated heterocycles. The summed E-state index contributed by atoms with van der Waals surface area (Å²) in [5.41, 5.74) is 6.09. The summed E-state index contributed by atoms with van der Waals surface area (Å²) in [6.07, 6.45) is 0. The Kier molecular flexibility index (Phi) is 3.56. The molecule has 1 aliphatic rings. The first-order valence-electron chi connectivity index (χ1n) is 6.63. The van der Waals surface area contributed by atoms with E-state index in [4.69, 9.17) is 15.0 Å². The number of carbonyl (C=O) groups is 1. The van der Waals surface area contributed by atoms with Crippen LogP contribution in [0.5, 0.6) is 0 Å². The second kappa shape index (κ2) is 4.79. The van der Waals surface area contributed by atoms with Gasteiger partial charge in [-0.3, -0.25) is 4.90 Å². The van der Waals surface area contributed by atoms with E-state index in [0.717, 1.165) is 5.46 Å². The van der Waals surface area contributed by atoms with Crippen molar-refractivity contribution in [1.29, 1.82) is 0 Å². The molecule has 2 amide bonds. The van der Waals surface area contributed by atoms with Gasteiger partial charge in [-0.15, -0.1) is 0 Å². The topological polar surface area (TPSA) is 64.8 Å². The largest absolute Gasteiger partial charge is 0.494 e. The first-order chi connectivity index (χ1) is 9.14. The maximum absolute atomic E-state index is 11.2. The number of hydrogen-bond donors (Lipinski definition) is 1. The summed E-state index contributed by atoms with van der Waals surface area (Å²) in [6, 6.07) is 6.94. The van der Waals surface area contributed by atoms with Crippen molar-refractivity contribution in [3.05, 3.63) is 24.3 Å². The molecule has 0 bridgehead atoms. The standard InChI is InChI=1S/C14H21BN2O3/c1-13(2)14(3,4)20-15(19-13)10-7-6-8-11(9-10)17(5)12(16)18/h6-9H,1-5H3,(H2,16,18). The normalized spacial score (nSPS) is 19.9. The van der Waals surface area contributed by atoms with Gasteiger partial charge < -0.3 is 15.0 Å². The average Bonchev–Trinajstić information content (AvgIpc) is 2.57. The molecule has 0 saturated carbocycles. The minimum absolute atomic E-state index is 0.386. The highest BCUT2D eigenvalue weighted by atomic mass is 16.7. The van der Waals surface area contributed by atoms with E-state index in [2.05, 4.69) is 0 Å². The van der Waals surface area contributed by atoms with Gasteiger partial charge in [-0.1, -0.05) is 12.1 Å². The summed E-state index contributed by atoms with van der Waals surface area (Å²) in [6.45, 7) is 8.03. The van der Waals surface area contributed by atoms with E-state index in [-0.39, 0.29) is 11.2 Å². The highest BCUT2D eigenvalue weighted by molar-refractivity contribution is 6.62. The number of urea groups is 1. The van der Waals surface area contributed by atoms with E-state index in [1.807, 2.05) is 52.0 Å². The molecule has 1 heterocycles. The van der Waals surface area contributed by atoms with E-state index in [1.54, 1.807) is 7.05 Å². The van der Waals surface area contributed by atoms with Gasteiger partial charge in [0.1, 0.15) is 0 Å². The Morgan fingerprint density at radius 2 is 1.75 bits per heavy atom. The van der Waals surface area contributed by atoms with Crippen molar-refractivity contribution in [2.24, 2.45) is 5.73 Å². The minimum atomic E-state index is -0.504. The molecule has 0 aliphatic carbocycles. The molecule has 1 aromatic rings. The molecule has 2 rings (SSSR count). The van der Waals surface area contributed by atoms with Gasteiger partial charge >= 0.3 is 13.1 Å². The van der Waals surface area contributed by atoms with E-state index in [0.29, 0.717) is 5.69 Å². The number of hydrogen-bond acceptors (Lipinski definition) is 3. The fraction of sp³-hybridized carbons (Fsp3) is 0.500. The molecule has 5 nitrogen and oxygen atoms in total. The molecule has 20 heavy (non-hydrogen) atoms. The molecule has 1 fully saturated rings. The van der Waals surface area contributed by atoms with Crippen molar-refractivity contribution >= 4 is 24.3 Å². The summed E-state index contributed by atoms with van der Waals surface area (Å²) >= 11 is 0. The fourth-order valence-electron chi connectivity index (χ4n) is 1.99. The van der Waals surface area contributed by atoms with E-state index < -0.39 is 13.1 Å². The van der Waals surface area contributed by atoms with Crippen LogP contribution in [-0.4, -0.2) is 31.4 Å². The molecule has 0 radical (unpaired) electrons. The summed E-state index contributed by atoms with van der Waals surface area (Å²) in [4.78, 5) is 12.6. The Morgan fingerprint density at radius 1 is 1.20 bits per heavy atom. The van der Waals surface area contributed by atoms with Crippen LogP contribution in [0, 0.1) is 0 Å². The van der Waals surface area contributed by atoms with Crippen molar-refractivity contribution in [1.82, 2.24) is 0 Å². The molecule has 0 aromatic heterocycles. The lowest BCUT2D eigenvalue weighted by molar-refractivity contribution is 0.00578. The number of anilines is 1. The molecular formula is C14H21BN2O3. The summed E-state index contributed by atoms with van der Waals surface area (Å²) in [5, 5.41) is 0. The number of primary amides is 1. The van der Waals surface area contributed by atoms with Gasteiger partial charge in [0.2, 0.25) is 0 Å². The monoisotopic (exact) mass is 276 g/mol. The molecule has 2 N–H and O–H groups in total. The van der Waals surface area contributed by atoms with Crippen molar-refractivity contribution in [2.45, 2.75) is 38.9 Å². The van der Waals surface area contributed by atoms with Crippen molar-refractivity contribution in [3.63, 3.8) is 0 Å². The maximum Gasteiger partial charge on any atom is 0.494 e. The summed E-state index contributed by atoms with van der Waals surface area (Å²) in [7, 11) is 1.19. The number of nitrogens with two attached hydrogens (primary N) is 1. The highest BCUT2D eigenvalue weighted by Gasteiger charge is 2.51. The number of carbonyl (C=O) groups excluding carboxylic acids is 1. The van der Waals surface area contributed by atoms with Crippen molar-refractivity contribution in [3.8, 4) is 0 Å². The van der Waals surface area contributed by atoms with Crippen LogP contribution >= 0.6 is 0 Å². The Hall–Kier alpha value is -1.53. The van der Waals surface area contributed by atoms with Gasteiger partial charge in [-0.25, -0.2) is 4.79 Å². The maximum atomic E-state index is 11.2. The first kappa shape index (κ1) is 14.9. The van der Waals surface area contributed by atoms with Gasteiger partial charge in [0.25, 0.3) is 0 Å². The zero-order valence-corrected chi connectivity index (χ0v) is 12.6. The summed E-state index contributed by atoms with van der Waals surface area (Å²) < 4.78 is 12.0. The number of amides is 2. The Balaban J connectivity index is 2.28. The zero-order chi connectivity index (χ0) is 15.1. The van der Waals surface area contributed by atoms with Gasteiger partial charge in [-0.2, -0.15) is 0 Å². The quantitative estimate of drug-likeness (QED) is 0.832. The molecule has 0 spiro atoms. The van der Waals surface area contributed by atoms with Crippen LogP contribution in [0.4, 0.5) is 10.5 Å². The third-order valence-electron chi connectivity index (χ3n) is 4.11. The molecule has 1 aliphatic heterocycles. The van der Waals surface area contributed by atoms with Gasteiger partial charge in [-0.05, 0) is 45.3 Å². The molecular weight excluding hydrogens is 255 g/mol. The van der Waals surface area contributed by atoms with E-state index in [1.165, 1.54) is 4.90 Å². The van der Waals surface area contributed by atoms with E-state index >= 15 is 0 Å². The lowest BCUT2D eigenvalue weighted by Crippen LogP contribution is -2.41. The second-order valence-electron chi connectivity index (χ2n) is 6.08. The fourth-order valence-corrected chi connectivity index (χ4v) is 1.99. The van der Waals surface area contributed by atoms with Crippen LogP contribution in [0.15, 0.2) is 24.3 Å². The number of rotatable bonds is 2. The average molecular weight is 276 g/mol. The predicted molar refractivity (Wildman–Crippen MR) is 80.1 cm³/mol. The van der Waals surface area contributed by atoms with Crippen molar-refractivity contribution < 1.29 is 14.1 Å². The minimum Gasteiger partial charge on any atom is -0.399 e. The Labute approximate surface area is 120 Å². The van der Waals surface area contributed by atoms with Crippen LogP contribution in [0.25, 0.3) is 0 Å². The van der Waals surface area contributed by atoms with Crippen LogP contribution < -0.4 is 16.1 Å². The second-order valence-corrected chi connectivity index (χ2v) is 6.08. The molecule has 6 heteroatoms. The Morgan fingerprint density at radius 3 is 2.25 bits per heavy atom. The van der Waals surface area contributed by atoms with Crippen LogP contribution in [0.2, 0.25) is 0 Å². The Bertz CT molecular complexity index is 515. The third kappa shape index (κ3) is 2.53. The SMILES string of the molecule is CN(C(N)=O)c1cccc(B2OC(C)(C)C(C)(C)O2)c1. The van der Waals surface area contributed by atoms with Crippen LogP contribution in [0.1, 0.15) is 27.7 Å². The molecule has 0 unspecified atom stereocenters. The lowest BCUT2D eigenvalue weighted by atomic mass is 9.79. The van der Waals surface area contributed by atoms with E-state index in [9.17, 15) is 4.79 Å².